The Hall–Kier alpha value is -1.72. The van der Waals surface area contributed by atoms with E-state index in [9.17, 15) is 5.11 Å². The highest BCUT2D eigenvalue weighted by Gasteiger charge is 2.08. The van der Waals surface area contributed by atoms with Gasteiger partial charge in [0.05, 0.1) is 12.3 Å². The number of ether oxygens (including phenoxy) is 1. The molecule has 1 N–H and O–H groups in total. The van der Waals surface area contributed by atoms with Crippen molar-refractivity contribution in [2.45, 2.75) is 13.0 Å². The van der Waals surface area contributed by atoms with E-state index in [0.717, 1.165) is 17.7 Å². The second-order valence-electron chi connectivity index (χ2n) is 3.65. The molecule has 1 heterocycles. The molecule has 0 radical (unpaired) electrons. The largest absolute Gasteiger partial charge is 0.388 e. The fourth-order valence-electron chi connectivity index (χ4n) is 1.74. The van der Waals surface area contributed by atoms with E-state index in [2.05, 4.69) is 10.2 Å². The van der Waals surface area contributed by atoms with Crippen molar-refractivity contribution in [3.63, 3.8) is 0 Å². The van der Waals surface area contributed by atoms with Crippen molar-refractivity contribution in [1.82, 2.24) is 14.8 Å². The lowest BCUT2D eigenvalue weighted by Gasteiger charge is -2.10. The first-order valence-corrected chi connectivity index (χ1v) is 5.43. The number of para-hydroxylation sites is 1. The minimum Gasteiger partial charge on any atom is -0.388 e. The first kappa shape index (κ1) is 11.8. The van der Waals surface area contributed by atoms with Crippen molar-refractivity contribution in [3.05, 3.63) is 42.0 Å². The second kappa shape index (κ2) is 5.56. The average molecular weight is 233 g/mol. The number of hydrogen-bond acceptors (Lipinski definition) is 4. The van der Waals surface area contributed by atoms with Crippen molar-refractivity contribution < 1.29 is 9.84 Å². The maximum absolute atomic E-state index is 9.19. The minimum absolute atomic E-state index is 0.126. The predicted molar refractivity (Wildman–Crippen MR) is 62.9 cm³/mol. The molecule has 0 aliphatic carbocycles. The van der Waals surface area contributed by atoms with E-state index in [-0.39, 0.29) is 6.61 Å². The average Bonchev–Trinajstić information content (AvgIpc) is 2.84. The summed E-state index contributed by atoms with van der Waals surface area (Å²) in [6.45, 7) is 0.534. The molecular weight excluding hydrogens is 218 g/mol. The van der Waals surface area contributed by atoms with Gasteiger partial charge in [-0.05, 0) is 18.1 Å². The molecule has 0 saturated heterocycles. The molecule has 0 amide bonds. The Labute approximate surface area is 99.7 Å². The fraction of sp³-hybridized carbons (Fsp3) is 0.333. The van der Waals surface area contributed by atoms with Gasteiger partial charge in [0.25, 0.3) is 0 Å². The van der Waals surface area contributed by atoms with Gasteiger partial charge in [0, 0.05) is 7.11 Å². The quantitative estimate of drug-likeness (QED) is 0.835. The highest BCUT2D eigenvalue weighted by Crippen LogP contribution is 2.16. The second-order valence-corrected chi connectivity index (χ2v) is 3.65. The van der Waals surface area contributed by atoms with Crippen LogP contribution in [0.2, 0.25) is 0 Å². The van der Waals surface area contributed by atoms with E-state index in [1.165, 1.54) is 0 Å². The van der Waals surface area contributed by atoms with E-state index in [4.69, 9.17) is 4.74 Å². The van der Waals surface area contributed by atoms with Gasteiger partial charge in [-0.1, -0.05) is 18.2 Å². The molecule has 0 saturated carbocycles. The van der Waals surface area contributed by atoms with Gasteiger partial charge in [0.2, 0.25) is 0 Å². The maximum atomic E-state index is 9.19. The summed E-state index contributed by atoms with van der Waals surface area (Å²) in [6.07, 6.45) is 2.42. The van der Waals surface area contributed by atoms with E-state index in [0.29, 0.717) is 12.4 Å². The number of hydrogen-bond donors (Lipinski definition) is 1. The fourth-order valence-corrected chi connectivity index (χ4v) is 1.74. The van der Waals surface area contributed by atoms with Crippen molar-refractivity contribution in [2.75, 3.05) is 13.7 Å². The smallest absolute Gasteiger partial charge is 0.163 e. The minimum atomic E-state index is -0.126. The van der Waals surface area contributed by atoms with Crippen LogP contribution in [0, 0.1) is 0 Å². The van der Waals surface area contributed by atoms with Gasteiger partial charge in [-0.2, -0.15) is 0 Å². The van der Waals surface area contributed by atoms with Crippen LogP contribution in [0.3, 0.4) is 0 Å². The number of nitrogens with zero attached hydrogens (tertiary/aromatic N) is 3. The lowest BCUT2D eigenvalue weighted by atomic mass is 10.1. The number of methoxy groups -OCH3 is 1. The maximum Gasteiger partial charge on any atom is 0.163 e. The van der Waals surface area contributed by atoms with Crippen LogP contribution in [0.1, 0.15) is 11.4 Å². The van der Waals surface area contributed by atoms with Crippen LogP contribution < -0.4 is 0 Å². The van der Waals surface area contributed by atoms with Gasteiger partial charge in [-0.15, -0.1) is 10.2 Å². The van der Waals surface area contributed by atoms with Crippen LogP contribution in [0.25, 0.3) is 5.69 Å². The summed E-state index contributed by atoms with van der Waals surface area (Å²) in [5.74, 6) is 0.537. The summed E-state index contributed by atoms with van der Waals surface area (Å²) in [5, 5.41) is 16.9. The molecule has 1 aromatic heterocycles. The molecule has 0 fully saturated rings. The number of aliphatic hydroxyl groups is 1. The van der Waals surface area contributed by atoms with Crippen molar-refractivity contribution in [1.29, 1.82) is 0 Å². The standard InChI is InChI=1S/C12H15N3O2/c1-17-7-6-10-4-2-3-5-11(10)15-9-13-14-12(15)8-16/h2-5,9,16H,6-8H2,1H3. The van der Waals surface area contributed by atoms with E-state index in [1.54, 1.807) is 18.0 Å². The monoisotopic (exact) mass is 233 g/mol. The summed E-state index contributed by atoms with van der Waals surface area (Å²) in [7, 11) is 1.68. The molecule has 0 bridgehead atoms. The van der Waals surface area contributed by atoms with Crippen LogP contribution in [0.4, 0.5) is 0 Å². The zero-order valence-electron chi connectivity index (χ0n) is 9.71. The topological polar surface area (TPSA) is 60.2 Å². The van der Waals surface area contributed by atoms with E-state index >= 15 is 0 Å². The Balaban J connectivity index is 2.37. The van der Waals surface area contributed by atoms with Crippen molar-refractivity contribution in [3.8, 4) is 5.69 Å². The zero-order valence-corrected chi connectivity index (χ0v) is 9.71. The Kier molecular flexibility index (Phi) is 3.85. The predicted octanol–water partition coefficient (Wildman–Crippen LogP) is 0.948. The van der Waals surface area contributed by atoms with Crippen LogP contribution in [0.15, 0.2) is 30.6 Å². The lowest BCUT2D eigenvalue weighted by molar-refractivity contribution is 0.202. The molecule has 17 heavy (non-hydrogen) atoms. The summed E-state index contributed by atoms with van der Waals surface area (Å²) in [5.41, 5.74) is 2.13. The van der Waals surface area contributed by atoms with Crippen molar-refractivity contribution >= 4 is 0 Å². The third-order valence-electron chi connectivity index (χ3n) is 2.59. The number of aliphatic hydroxyl groups excluding tert-OH is 1. The third kappa shape index (κ3) is 2.51. The van der Waals surface area contributed by atoms with Crippen molar-refractivity contribution in [2.24, 2.45) is 0 Å². The SMILES string of the molecule is COCCc1ccccc1-n1cnnc1CO. The molecule has 0 spiro atoms. The molecule has 5 nitrogen and oxygen atoms in total. The van der Waals surface area contributed by atoms with E-state index in [1.807, 2.05) is 24.3 Å². The summed E-state index contributed by atoms with van der Waals surface area (Å²) in [6, 6.07) is 7.95. The number of rotatable bonds is 5. The first-order chi connectivity index (χ1) is 8.36. The third-order valence-corrected chi connectivity index (χ3v) is 2.59. The highest BCUT2D eigenvalue weighted by atomic mass is 16.5. The zero-order chi connectivity index (χ0) is 12.1. The summed E-state index contributed by atoms with van der Waals surface area (Å²) >= 11 is 0. The number of benzene rings is 1. The lowest BCUT2D eigenvalue weighted by Crippen LogP contribution is -2.05. The van der Waals surface area contributed by atoms with Crippen LogP contribution in [-0.2, 0) is 17.8 Å². The first-order valence-electron chi connectivity index (χ1n) is 5.43. The van der Waals surface area contributed by atoms with Crippen LogP contribution in [-0.4, -0.2) is 33.6 Å². The summed E-state index contributed by atoms with van der Waals surface area (Å²) in [4.78, 5) is 0. The molecule has 0 atom stereocenters. The van der Waals surface area contributed by atoms with Gasteiger partial charge >= 0.3 is 0 Å². The van der Waals surface area contributed by atoms with Gasteiger partial charge in [-0.25, -0.2) is 0 Å². The molecule has 1 aromatic carbocycles. The Morgan fingerprint density at radius 1 is 1.35 bits per heavy atom. The molecule has 2 rings (SSSR count). The van der Waals surface area contributed by atoms with Gasteiger partial charge < -0.3 is 9.84 Å². The normalized spacial score (nSPS) is 10.7. The Morgan fingerprint density at radius 2 is 2.18 bits per heavy atom. The van der Waals surface area contributed by atoms with Crippen LogP contribution in [0.5, 0.6) is 0 Å². The molecule has 90 valence electrons. The van der Waals surface area contributed by atoms with E-state index < -0.39 is 0 Å². The van der Waals surface area contributed by atoms with Gasteiger partial charge in [-0.3, -0.25) is 4.57 Å². The molecule has 0 unspecified atom stereocenters. The molecule has 2 aromatic rings. The molecule has 5 heteroatoms. The van der Waals surface area contributed by atoms with Crippen LogP contribution >= 0.6 is 0 Å². The molecule has 0 aliphatic heterocycles. The number of aromatic nitrogens is 3. The highest BCUT2D eigenvalue weighted by molar-refractivity contribution is 5.41. The van der Waals surface area contributed by atoms with Gasteiger partial charge in [0.15, 0.2) is 5.82 Å². The molecular formula is C12H15N3O2. The Bertz CT molecular complexity index is 482. The molecule has 0 aliphatic rings. The summed E-state index contributed by atoms with van der Waals surface area (Å²) < 4.78 is 6.88. The Morgan fingerprint density at radius 3 is 2.94 bits per heavy atom. The van der Waals surface area contributed by atoms with Gasteiger partial charge in [0.1, 0.15) is 12.9 Å².